The van der Waals surface area contributed by atoms with Crippen molar-refractivity contribution in [3.8, 4) is 23.3 Å². The van der Waals surface area contributed by atoms with Gasteiger partial charge in [-0.2, -0.15) is 0 Å². The van der Waals surface area contributed by atoms with Crippen LogP contribution in [0.2, 0.25) is 0 Å². The third kappa shape index (κ3) is 4.76. The molecule has 2 aromatic rings. The summed E-state index contributed by atoms with van der Waals surface area (Å²) in [6.45, 7) is 4.95. The van der Waals surface area contributed by atoms with Crippen LogP contribution in [0.4, 0.5) is 0 Å². The number of benzene rings is 1. The number of fused-ring (bicyclic) bond motifs is 1. The van der Waals surface area contributed by atoms with Gasteiger partial charge in [0, 0.05) is 42.3 Å². The highest BCUT2D eigenvalue weighted by Gasteiger charge is 2.26. The molecule has 1 aromatic carbocycles. The summed E-state index contributed by atoms with van der Waals surface area (Å²) in [5.74, 6) is 10.1. The van der Waals surface area contributed by atoms with Crippen LogP contribution in [0.3, 0.4) is 0 Å². The number of pyridine rings is 1. The van der Waals surface area contributed by atoms with E-state index < -0.39 is 0 Å². The first kappa shape index (κ1) is 20.5. The van der Waals surface area contributed by atoms with E-state index in [0.29, 0.717) is 11.8 Å². The summed E-state index contributed by atoms with van der Waals surface area (Å²) in [5, 5.41) is 7.03. The Hall–Kier alpha value is -3.36. The molecule has 3 heterocycles. The topological polar surface area (TPSA) is 58.5 Å². The van der Waals surface area contributed by atoms with E-state index in [1.807, 2.05) is 18.2 Å². The number of nitrogens with zero attached hydrogens (tertiary/aromatic N) is 2. The molecule has 1 fully saturated rings. The second kappa shape index (κ2) is 9.42. The molecular formula is C27H28N4O. The van der Waals surface area contributed by atoms with Gasteiger partial charge in [0.25, 0.3) is 0 Å². The first-order valence-corrected chi connectivity index (χ1v) is 11.4. The maximum atomic E-state index is 5.96. The van der Waals surface area contributed by atoms with E-state index in [1.54, 1.807) is 12.4 Å². The highest BCUT2D eigenvalue weighted by atomic mass is 16.5. The number of rotatable bonds is 3. The minimum absolute atomic E-state index is 0.246. The molecule has 3 atom stereocenters. The number of amidine groups is 1. The van der Waals surface area contributed by atoms with Crippen LogP contribution < -0.4 is 15.4 Å². The van der Waals surface area contributed by atoms with Gasteiger partial charge in [0.1, 0.15) is 17.3 Å². The van der Waals surface area contributed by atoms with E-state index in [1.165, 1.54) is 12.8 Å². The molecule has 0 amide bonds. The fourth-order valence-corrected chi connectivity index (χ4v) is 4.33. The third-order valence-electron chi connectivity index (χ3n) is 6.13. The van der Waals surface area contributed by atoms with Crippen molar-refractivity contribution in [1.82, 2.24) is 15.6 Å². The summed E-state index contributed by atoms with van der Waals surface area (Å²) in [4.78, 5) is 8.95. The minimum Gasteiger partial charge on any atom is -0.455 e. The van der Waals surface area contributed by atoms with Crippen LogP contribution in [0.25, 0.3) is 0 Å². The second-order valence-electron chi connectivity index (χ2n) is 8.59. The van der Waals surface area contributed by atoms with E-state index in [9.17, 15) is 0 Å². The highest BCUT2D eigenvalue weighted by Crippen LogP contribution is 2.27. The molecule has 162 valence electrons. The van der Waals surface area contributed by atoms with Crippen LogP contribution in [0.15, 0.2) is 71.5 Å². The molecule has 1 aliphatic carbocycles. The fraction of sp³-hybridized carbons (Fsp3) is 0.333. The number of nitrogens with one attached hydrogen (secondary N) is 2. The van der Waals surface area contributed by atoms with Gasteiger partial charge in [0.2, 0.25) is 0 Å². The van der Waals surface area contributed by atoms with E-state index in [0.717, 1.165) is 53.7 Å². The zero-order valence-electron chi connectivity index (χ0n) is 18.3. The average molecular weight is 425 g/mol. The van der Waals surface area contributed by atoms with Crippen molar-refractivity contribution in [2.45, 2.75) is 25.8 Å². The Morgan fingerprint density at radius 1 is 1.22 bits per heavy atom. The van der Waals surface area contributed by atoms with Gasteiger partial charge in [0.15, 0.2) is 0 Å². The Morgan fingerprint density at radius 2 is 2.19 bits per heavy atom. The quantitative estimate of drug-likeness (QED) is 0.731. The molecule has 2 aliphatic heterocycles. The monoisotopic (exact) mass is 424 g/mol. The van der Waals surface area contributed by atoms with E-state index in [4.69, 9.17) is 9.73 Å². The molecule has 0 radical (unpaired) electrons. The predicted molar refractivity (Wildman–Crippen MR) is 128 cm³/mol. The van der Waals surface area contributed by atoms with Crippen LogP contribution in [0.5, 0.6) is 11.5 Å². The van der Waals surface area contributed by atoms with Crippen LogP contribution in [-0.4, -0.2) is 36.5 Å². The Balaban J connectivity index is 1.26. The molecule has 3 aliphatic rings. The zero-order chi connectivity index (χ0) is 21.8. The zero-order valence-corrected chi connectivity index (χ0v) is 18.3. The summed E-state index contributed by atoms with van der Waals surface area (Å²) in [5.41, 5.74) is 3.25. The Labute approximate surface area is 189 Å². The average Bonchev–Trinajstić information content (AvgIpc) is 2.85. The van der Waals surface area contributed by atoms with Gasteiger partial charge >= 0.3 is 0 Å². The van der Waals surface area contributed by atoms with Gasteiger partial charge < -0.3 is 15.4 Å². The fourth-order valence-electron chi connectivity index (χ4n) is 4.33. The van der Waals surface area contributed by atoms with Crippen molar-refractivity contribution in [3.63, 3.8) is 0 Å². The largest absolute Gasteiger partial charge is 0.455 e. The SMILES string of the molecule is Cc1cc(C2=NCC3C=C(C#CC4CCCNC4)C=CC3N2)ccc1Oc1cccnc1. The molecular weight excluding hydrogens is 396 g/mol. The number of ether oxygens (including phenoxy) is 1. The first-order valence-electron chi connectivity index (χ1n) is 11.4. The van der Waals surface area contributed by atoms with Crippen LogP contribution >= 0.6 is 0 Å². The Morgan fingerprint density at radius 3 is 3.00 bits per heavy atom. The number of aryl methyl sites for hydroxylation is 1. The van der Waals surface area contributed by atoms with E-state index in [2.05, 4.69) is 64.7 Å². The van der Waals surface area contributed by atoms with Gasteiger partial charge in [-0.3, -0.25) is 9.98 Å². The first-order chi connectivity index (χ1) is 15.7. The summed E-state index contributed by atoms with van der Waals surface area (Å²) in [6.07, 6.45) is 12.5. The predicted octanol–water partition coefficient (Wildman–Crippen LogP) is 4.02. The van der Waals surface area contributed by atoms with Gasteiger partial charge in [-0.1, -0.05) is 24.0 Å². The summed E-state index contributed by atoms with van der Waals surface area (Å²) in [7, 11) is 0. The normalized spacial score (nSPS) is 24.2. The summed E-state index contributed by atoms with van der Waals surface area (Å²) in [6, 6.07) is 10.2. The van der Waals surface area contributed by atoms with E-state index >= 15 is 0 Å². The lowest BCUT2D eigenvalue weighted by atomic mass is 9.89. The van der Waals surface area contributed by atoms with Gasteiger partial charge in [-0.05, 0) is 68.3 Å². The van der Waals surface area contributed by atoms with Crippen molar-refractivity contribution in [1.29, 1.82) is 0 Å². The van der Waals surface area contributed by atoms with Gasteiger partial charge in [-0.15, -0.1) is 0 Å². The number of hydrogen-bond donors (Lipinski definition) is 2. The number of aromatic nitrogens is 1. The number of allylic oxidation sites excluding steroid dienone is 2. The van der Waals surface area contributed by atoms with E-state index in [-0.39, 0.29) is 6.04 Å². The minimum atomic E-state index is 0.246. The Bertz CT molecular complexity index is 1120. The molecule has 5 rings (SSSR count). The van der Waals surface area contributed by atoms with Gasteiger partial charge in [-0.25, -0.2) is 0 Å². The molecule has 5 heteroatoms. The van der Waals surface area contributed by atoms with Crippen molar-refractivity contribution >= 4 is 5.84 Å². The molecule has 0 bridgehead atoms. The van der Waals surface area contributed by atoms with Crippen LogP contribution in [0.1, 0.15) is 24.0 Å². The van der Waals surface area contributed by atoms with Crippen molar-refractivity contribution in [2.24, 2.45) is 16.8 Å². The Kier molecular flexibility index (Phi) is 6.04. The van der Waals surface area contributed by atoms with Crippen molar-refractivity contribution in [3.05, 3.63) is 77.7 Å². The molecule has 32 heavy (non-hydrogen) atoms. The molecule has 0 spiro atoms. The highest BCUT2D eigenvalue weighted by molar-refractivity contribution is 6.00. The molecule has 1 saturated heterocycles. The number of hydrogen-bond acceptors (Lipinski definition) is 5. The number of piperidine rings is 1. The van der Waals surface area contributed by atoms with Crippen molar-refractivity contribution in [2.75, 3.05) is 19.6 Å². The lowest BCUT2D eigenvalue weighted by molar-refractivity contribution is 0.449. The molecule has 5 nitrogen and oxygen atoms in total. The van der Waals surface area contributed by atoms with Crippen molar-refractivity contribution < 1.29 is 4.74 Å². The molecule has 3 unspecified atom stereocenters. The smallest absolute Gasteiger partial charge is 0.145 e. The lowest BCUT2D eigenvalue weighted by Gasteiger charge is -2.31. The van der Waals surface area contributed by atoms with Crippen LogP contribution in [-0.2, 0) is 0 Å². The maximum absolute atomic E-state index is 5.96. The molecule has 1 aromatic heterocycles. The number of aliphatic imine (C=N–C) groups is 1. The third-order valence-corrected chi connectivity index (χ3v) is 6.13. The summed E-state index contributed by atoms with van der Waals surface area (Å²) >= 11 is 0. The second-order valence-corrected chi connectivity index (χ2v) is 8.59. The lowest BCUT2D eigenvalue weighted by Crippen LogP contribution is -2.45. The maximum Gasteiger partial charge on any atom is 0.145 e. The van der Waals surface area contributed by atoms with Gasteiger partial charge in [0.05, 0.1) is 12.2 Å². The molecule has 2 N–H and O–H groups in total. The van der Waals surface area contributed by atoms with Crippen LogP contribution in [0, 0.1) is 30.6 Å². The summed E-state index contributed by atoms with van der Waals surface area (Å²) < 4.78 is 5.96. The standard InChI is InChI=1S/C27H28N4O/c1-19-14-22(9-11-26(19)32-24-5-3-13-29-18-24)27-30-17-23-15-20(8-10-25(23)31-27)6-7-21-4-2-12-28-16-21/h3,5,8-11,13-15,18,21,23,25,28H,2,4,12,16-17H2,1H3,(H,30,31). The molecule has 0 saturated carbocycles.